The lowest BCUT2D eigenvalue weighted by molar-refractivity contribution is 0.480. The molecule has 3 heteroatoms. The average Bonchev–Trinajstić information content (AvgIpc) is 2.33. The molecular weight excluding hydrogens is 237 g/mol. The summed E-state index contributed by atoms with van der Waals surface area (Å²) in [6.45, 7) is 2.19. The first kappa shape index (κ1) is 14.5. The van der Waals surface area contributed by atoms with Gasteiger partial charge in [-0.1, -0.05) is 49.9 Å². The van der Waals surface area contributed by atoms with Gasteiger partial charge < -0.3 is 5.32 Å². The van der Waals surface area contributed by atoms with Gasteiger partial charge in [-0.05, 0) is 31.5 Å². The van der Waals surface area contributed by atoms with Crippen LogP contribution in [-0.4, -0.2) is 13.1 Å². The predicted molar refractivity (Wildman–Crippen MR) is 72.1 cm³/mol. The molecular formula is C14H21ClFN. The highest BCUT2D eigenvalue weighted by Crippen LogP contribution is 2.20. The molecule has 0 aliphatic heterocycles. The zero-order valence-electron chi connectivity index (χ0n) is 10.6. The van der Waals surface area contributed by atoms with Crippen molar-refractivity contribution in [2.24, 2.45) is 0 Å². The topological polar surface area (TPSA) is 12.0 Å². The fourth-order valence-electron chi connectivity index (χ4n) is 1.96. The number of hydrogen-bond acceptors (Lipinski definition) is 1. The van der Waals surface area contributed by atoms with Gasteiger partial charge in [0.05, 0.1) is 5.02 Å². The Balaban J connectivity index is 2.57. The SMILES string of the molecule is CCCCCC(Cc1cccc(Cl)c1F)NC. The Kier molecular flexibility index (Phi) is 6.53. The third-order valence-electron chi connectivity index (χ3n) is 3.06. The molecule has 1 N–H and O–H groups in total. The molecule has 1 atom stereocenters. The summed E-state index contributed by atoms with van der Waals surface area (Å²) in [5.74, 6) is -0.273. The molecule has 0 saturated heterocycles. The van der Waals surface area contributed by atoms with E-state index in [4.69, 9.17) is 11.6 Å². The summed E-state index contributed by atoms with van der Waals surface area (Å²) in [6, 6.07) is 5.53. The van der Waals surface area contributed by atoms with Crippen molar-refractivity contribution in [3.8, 4) is 0 Å². The zero-order chi connectivity index (χ0) is 12.7. The van der Waals surface area contributed by atoms with Crippen molar-refractivity contribution in [1.29, 1.82) is 0 Å². The molecule has 0 aliphatic carbocycles. The van der Waals surface area contributed by atoms with E-state index in [2.05, 4.69) is 12.2 Å². The van der Waals surface area contributed by atoms with E-state index in [1.54, 1.807) is 12.1 Å². The van der Waals surface area contributed by atoms with Crippen LogP contribution in [0.15, 0.2) is 18.2 Å². The molecule has 0 radical (unpaired) electrons. The third-order valence-corrected chi connectivity index (χ3v) is 3.35. The molecule has 0 spiro atoms. The van der Waals surface area contributed by atoms with E-state index >= 15 is 0 Å². The number of hydrogen-bond donors (Lipinski definition) is 1. The van der Waals surface area contributed by atoms with Crippen molar-refractivity contribution >= 4 is 11.6 Å². The highest BCUT2D eigenvalue weighted by Gasteiger charge is 2.12. The normalized spacial score (nSPS) is 12.7. The minimum Gasteiger partial charge on any atom is -0.317 e. The molecule has 0 fully saturated rings. The lowest BCUT2D eigenvalue weighted by Gasteiger charge is -2.16. The largest absolute Gasteiger partial charge is 0.317 e. The van der Waals surface area contributed by atoms with Gasteiger partial charge in [-0.15, -0.1) is 0 Å². The van der Waals surface area contributed by atoms with E-state index in [-0.39, 0.29) is 10.8 Å². The molecule has 0 heterocycles. The van der Waals surface area contributed by atoms with E-state index in [0.29, 0.717) is 18.0 Å². The summed E-state index contributed by atoms with van der Waals surface area (Å²) in [5, 5.41) is 3.46. The van der Waals surface area contributed by atoms with Crippen LogP contribution in [0.5, 0.6) is 0 Å². The second-order valence-corrected chi connectivity index (χ2v) is 4.81. The number of nitrogens with one attached hydrogen (secondary N) is 1. The van der Waals surface area contributed by atoms with Gasteiger partial charge in [0.25, 0.3) is 0 Å². The first-order valence-electron chi connectivity index (χ1n) is 6.29. The average molecular weight is 258 g/mol. The van der Waals surface area contributed by atoms with Crippen LogP contribution in [-0.2, 0) is 6.42 Å². The van der Waals surface area contributed by atoms with Crippen LogP contribution in [0.1, 0.15) is 38.2 Å². The molecule has 0 aliphatic rings. The van der Waals surface area contributed by atoms with Crippen molar-refractivity contribution < 1.29 is 4.39 Å². The Morgan fingerprint density at radius 2 is 2.12 bits per heavy atom. The molecule has 96 valence electrons. The summed E-state index contributed by atoms with van der Waals surface area (Å²) in [6.07, 6.45) is 5.41. The van der Waals surface area contributed by atoms with Crippen LogP contribution in [0.3, 0.4) is 0 Å². The van der Waals surface area contributed by atoms with Gasteiger partial charge in [0.1, 0.15) is 5.82 Å². The van der Waals surface area contributed by atoms with Crippen LogP contribution in [0.2, 0.25) is 5.02 Å². The molecule has 0 aromatic heterocycles. The zero-order valence-corrected chi connectivity index (χ0v) is 11.4. The highest BCUT2D eigenvalue weighted by atomic mass is 35.5. The number of likely N-dealkylation sites (N-methyl/N-ethyl adjacent to an activating group) is 1. The number of halogens is 2. The number of unbranched alkanes of at least 4 members (excludes halogenated alkanes) is 2. The summed E-state index contributed by atoms with van der Waals surface area (Å²) >= 11 is 5.77. The van der Waals surface area contributed by atoms with Gasteiger partial charge in [-0.2, -0.15) is 0 Å². The van der Waals surface area contributed by atoms with E-state index in [1.165, 1.54) is 19.3 Å². The standard InChI is InChI=1S/C14H21ClFN/c1-3-4-5-8-12(17-2)10-11-7-6-9-13(15)14(11)16/h6-7,9,12,17H,3-5,8,10H2,1-2H3. The Bertz CT molecular complexity index is 341. The van der Waals surface area contributed by atoms with Crippen LogP contribution in [0.4, 0.5) is 4.39 Å². The fraction of sp³-hybridized carbons (Fsp3) is 0.571. The fourth-order valence-corrected chi connectivity index (χ4v) is 2.15. The second-order valence-electron chi connectivity index (χ2n) is 4.40. The second kappa shape index (κ2) is 7.67. The van der Waals surface area contributed by atoms with Gasteiger partial charge >= 0.3 is 0 Å². The van der Waals surface area contributed by atoms with E-state index < -0.39 is 0 Å². The lowest BCUT2D eigenvalue weighted by atomic mass is 10.0. The Hall–Kier alpha value is -0.600. The number of benzene rings is 1. The minimum atomic E-state index is -0.273. The monoisotopic (exact) mass is 257 g/mol. The number of rotatable bonds is 7. The van der Waals surface area contributed by atoms with Crippen LogP contribution < -0.4 is 5.32 Å². The molecule has 1 aromatic carbocycles. The van der Waals surface area contributed by atoms with Gasteiger partial charge in [-0.25, -0.2) is 4.39 Å². The first-order chi connectivity index (χ1) is 8.19. The summed E-state index contributed by atoms with van der Waals surface area (Å²) < 4.78 is 13.7. The Labute approximate surface area is 108 Å². The molecule has 1 rings (SSSR count). The van der Waals surface area contributed by atoms with Crippen molar-refractivity contribution in [1.82, 2.24) is 5.32 Å². The van der Waals surface area contributed by atoms with Gasteiger partial charge in [-0.3, -0.25) is 0 Å². The smallest absolute Gasteiger partial charge is 0.145 e. The Morgan fingerprint density at radius 1 is 1.35 bits per heavy atom. The maximum atomic E-state index is 13.7. The summed E-state index contributed by atoms with van der Waals surface area (Å²) in [7, 11) is 1.93. The van der Waals surface area contributed by atoms with Gasteiger partial charge in [0, 0.05) is 6.04 Å². The van der Waals surface area contributed by atoms with Crippen LogP contribution >= 0.6 is 11.6 Å². The molecule has 17 heavy (non-hydrogen) atoms. The summed E-state index contributed by atoms with van der Waals surface area (Å²) in [5.41, 5.74) is 0.702. The predicted octanol–water partition coefficient (Wildman–Crippen LogP) is 4.19. The first-order valence-corrected chi connectivity index (χ1v) is 6.67. The maximum absolute atomic E-state index is 13.7. The highest BCUT2D eigenvalue weighted by molar-refractivity contribution is 6.30. The third kappa shape index (κ3) is 4.64. The van der Waals surface area contributed by atoms with Crippen LogP contribution in [0, 0.1) is 5.82 Å². The Morgan fingerprint density at radius 3 is 2.76 bits per heavy atom. The summed E-state index contributed by atoms with van der Waals surface area (Å²) in [4.78, 5) is 0. The lowest BCUT2D eigenvalue weighted by Crippen LogP contribution is -2.27. The quantitative estimate of drug-likeness (QED) is 0.723. The molecule has 1 aromatic rings. The van der Waals surface area contributed by atoms with Crippen molar-refractivity contribution in [3.05, 3.63) is 34.6 Å². The minimum absolute atomic E-state index is 0.214. The van der Waals surface area contributed by atoms with Crippen molar-refractivity contribution in [2.75, 3.05) is 7.05 Å². The van der Waals surface area contributed by atoms with Crippen molar-refractivity contribution in [2.45, 2.75) is 45.1 Å². The van der Waals surface area contributed by atoms with Crippen LogP contribution in [0.25, 0.3) is 0 Å². The molecule has 0 saturated carbocycles. The van der Waals surface area contributed by atoms with Crippen molar-refractivity contribution in [3.63, 3.8) is 0 Å². The molecule has 1 unspecified atom stereocenters. The van der Waals surface area contributed by atoms with Gasteiger partial charge in [0.2, 0.25) is 0 Å². The van der Waals surface area contributed by atoms with E-state index in [1.807, 2.05) is 13.1 Å². The molecule has 0 bridgehead atoms. The van der Waals surface area contributed by atoms with E-state index in [0.717, 1.165) is 6.42 Å². The van der Waals surface area contributed by atoms with Gasteiger partial charge in [0.15, 0.2) is 0 Å². The van der Waals surface area contributed by atoms with E-state index in [9.17, 15) is 4.39 Å². The molecule has 0 amide bonds. The maximum Gasteiger partial charge on any atom is 0.145 e. The molecule has 1 nitrogen and oxygen atoms in total.